The second-order valence-corrected chi connectivity index (χ2v) is 5.96. The van der Waals surface area contributed by atoms with E-state index in [-0.39, 0.29) is 0 Å². The number of hydrogen-bond acceptors (Lipinski definition) is 3. The number of nitrogens with one attached hydrogen (secondary N) is 1. The molecule has 1 aliphatic rings. The summed E-state index contributed by atoms with van der Waals surface area (Å²) in [5, 5.41) is 4.45. The van der Waals surface area contributed by atoms with Crippen molar-refractivity contribution in [2.24, 2.45) is 0 Å². The summed E-state index contributed by atoms with van der Waals surface area (Å²) < 4.78 is 5.45. The SMILES string of the molecule is CCSC1CCCC1NCc1occc1C. The lowest BCUT2D eigenvalue weighted by Gasteiger charge is -2.19. The molecular weight excluding hydrogens is 218 g/mol. The van der Waals surface area contributed by atoms with Gasteiger partial charge in [-0.2, -0.15) is 11.8 Å². The first kappa shape index (κ1) is 12.1. The highest BCUT2D eigenvalue weighted by atomic mass is 32.2. The van der Waals surface area contributed by atoms with E-state index in [4.69, 9.17) is 4.42 Å². The van der Waals surface area contributed by atoms with Gasteiger partial charge in [-0.1, -0.05) is 13.3 Å². The van der Waals surface area contributed by atoms with Crippen LogP contribution >= 0.6 is 11.8 Å². The maximum atomic E-state index is 5.45. The quantitative estimate of drug-likeness (QED) is 0.853. The molecule has 1 fully saturated rings. The van der Waals surface area contributed by atoms with E-state index in [1.807, 2.05) is 6.07 Å². The molecule has 1 aliphatic carbocycles. The number of aryl methyl sites for hydroxylation is 1. The van der Waals surface area contributed by atoms with E-state index in [1.165, 1.54) is 30.6 Å². The van der Waals surface area contributed by atoms with Gasteiger partial charge >= 0.3 is 0 Å². The molecule has 1 heterocycles. The Morgan fingerprint density at radius 3 is 3.06 bits per heavy atom. The first-order valence-electron chi connectivity index (χ1n) is 6.19. The molecule has 16 heavy (non-hydrogen) atoms. The van der Waals surface area contributed by atoms with Crippen LogP contribution in [0, 0.1) is 6.92 Å². The van der Waals surface area contributed by atoms with Gasteiger partial charge in [0.05, 0.1) is 12.8 Å². The molecule has 0 aliphatic heterocycles. The molecule has 0 amide bonds. The van der Waals surface area contributed by atoms with Crippen LogP contribution < -0.4 is 5.32 Å². The van der Waals surface area contributed by atoms with Crippen LogP contribution in [0.2, 0.25) is 0 Å². The number of hydrogen-bond donors (Lipinski definition) is 1. The average molecular weight is 239 g/mol. The predicted octanol–water partition coefficient (Wildman–Crippen LogP) is 3.35. The molecule has 2 unspecified atom stereocenters. The molecule has 1 aromatic rings. The largest absolute Gasteiger partial charge is 0.468 e. The standard InChI is InChI=1S/C13H21NOS/c1-3-16-13-6-4-5-11(13)14-9-12-10(2)7-8-15-12/h7-8,11,13-14H,3-6,9H2,1-2H3. The normalized spacial score (nSPS) is 25.1. The summed E-state index contributed by atoms with van der Waals surface area (Å²) in [6.45, 7) is 5.23. The average Bonchev–Trinajstić information content (AvgIpc) is 2.86. The highest BCUT2D eigenvalue weighted by molar-refractivity contribution is 7.99. The molecule has 1 N–H and O–H groups in total. The van der Waals surface area contributed by atoms with Crippen molar-refractivity contribution in [1.82, 2.24) is 5.32 Å². The first-order valence-corrected chi connectivity index (χ1v) is 7.24. The second-order valence-electron chi connectivity index (χ2n) is 4.44. The molecule has 2 rings (SSSR count). The summed E-state index contributed by atoms with van der Waals surface area (Å²) in [6.07, 6.45) is 5.83. The molecule has 1 aromatic heterocycles. The van der Waals surface area contributed by atoms with E-state index in [9.17, 15) is 0 Å². The van der Waals surface area contributed by atoms with Crippen LogP contribution in [0.25, 0.3) is 0 Å². The van der Waals surface area contributed by atoms with Gasteiger partial charge in [0, 0.05) is 11.3 Å². The Kier molecular flexibility index (Phi) is 4.36. The van der Waals surface area contributed by atoms with Crippen molar-refractivity contribution < 1.29 is 4.42 Å². The van der Waals surface area contributed by atoms with Gasteiger partial charge in [0.2, 0.25) is 0 Å². The van der Waals surface area contributed by atoms with Gasteiger partial charge in [0.1, 0.15) is 5.76 Å². The Balaban J connectivity index is 1.83. The van der Waals surface area contributed by atoms with Gasteiger partial charge in [-0.15, -0.1) is 0 Å². The third-order valence-electron chi connectivity index (χ3n) is 3.33. The van der Waals surface area contributed by atoms with Crippen LogP contribution in [0.1, 0.15) is 37.5 Å². The van der Waals surface area contributed by atoms with E-state index in [0.717, 1.165) is 17.6 Å². The van der Waals surface area contributed by atoms with Crippen LogP contribution in [0.3, 0.4) is 0 Å². The molecule has 2 nitrogen and oxygen atoms in total. The van der Waals surface area contributed by atoms with Crippen molar-refractivity contribution in [1.29, 1.82) is 0 Å². The monoisotopic (exact) mass is 239 g/mol. The third kappa shape index (κ3) is 2.83. The fourth-order valence-corrected chi connectivity index (χ4v) is 3.61. The minimum atomic E-state index is 0.675. The van der Waals surface area contributed by atoms with E-state index in [2.05, 4.69) is 30.9 Å². The first-order chi connectivity index (χ1) is 7.81. The van der Waals surface area contributed by atoms with Crippen LogP contribution in [-0.2, 0) is 6.54 Å². The van der Waals surface area contributed by atoms with E-state index >= 15 is 0 Å². The molecule has 0 radical (unpaired) electrons. The molecule has 2 atom stereocenters. The summed E-state index contributed by atoms with van der Waals surface area (Å²) in [5.41, 5.74) is 1.25. The van der Waals surface area contributed by atoms with Crippen molar-refractivity contribution in [2.45, 2.75) is 50.9 Å². The molecule has 0 saturated heterocycles. The van der Waals surface area contributed by atoms with Crippen molar-refractivity contribution in [2.75, 3.05) is 5.75 Å². The lowest BCUT2D eigenvalue weighted by atomic mass is 10.2. The molecule has 0 aromatic carbocycles. The minimum Gasteiger partial charge on any atom is -0.468 e. The maximum absolute atomic E-state index is 5.45. The summed E-state index contributed by atoms with van der Waals surface area (Å²) in [6, 6.07) is 2.71. The van der Waals surface area contributed by atoms with Gasteiger partial charge < -0.3 is 9.73 Å². The molecule has 0 bridgehead atoms. The summed E-state index contributed by atoms with van der Waals surface area (Å²) in [5.74, 6) is 2.31. The number of rotatable bonds is 5. The van der Waals surface area contributed by atoms with Crippen molar-refractivity contribution in [3.8, 4) is 0 Å². The summed E-state index contributed by atoms with van der Waals surface area (Å²) in [4.78, 5) is 0. The van der Waals surface area contributed by atoms with Crippen LogP contribution in [0.5, 0.6) is 0 Å². The highest BCUT2D eigenvalue weighted by Gasteiger charge is 2.26. The summed E-state index contributed by atoms with van der Waals surface area (Å²) in [7, 11) is 0. The van der Waals surface area contributed by atoms with E-state index in [0.29, 0.717) is 6.04 Å². The lowest BCUT2D eigenvalue weighted by Crippen LogP contribution is -2.33. The van der Waals surface area contributed by atoms with E-state index < -0.39 is 0 Å². The third-order valence-corrected chi connectivity index (χ3v) is 4.65. The predicted molar refractivity (Wildman–Crippen MR) is 69.8 cm³/mol. The lowest BCUT2D eigenvalue weighted by molar-refractivity contribution is 0.447. The Hall–Kier alpha value is -0.410. The van der Waals surface area contributed by atoms with Crippen LogP contribution in [0.4, 0.5) is 0 Å². The Morgan fingerprint density at radius 2 is 2.38 bits per heavy atom. The Bertz CT molecular complexity index is 323. The molecule has 1 saturated carbocycles. The zero-order chi connectivity index (χ0) is 11.4. The molecule has 3 heteroatoms. The van der Waals surface area contributed by atoms with Gasteiger partial charge in [0.15, 0.2) is 0 Å². The van der Waals surface area contributed by atoms with Crippen molar-refractivity contribution in [3.05, 3.63) is 23.7 Å². The zero-order valence-electron chi connectivity index (χ0n) is 10.2. The summed E-state index contributed by atoms with van der Waals surface area (Å²) >= 11 is 2.10. The smallest absolute Gasteiger partial charge is 0.120 e. The maximum Gasteiger partial charge on any atom is 0.120 e. The zero-order valence-corrected chi connectivity index (χ0v) is 11.0. The minimum absolute atomic E-state index is 0.675. The van der Waals surface area contributed by atoms with Crippen molar-refractivity contribution in [3.63, 3.8) is 0 Å². The second kappa shape index (κ2) is 5.78. The molecular formula is C13H21NOS. The fraction of sp³-hybridized carbons (Fsp3) is 0.692. The van der Waals surface area contributed by atoms with Gasteiger partial charge in [-0.3, -0.25) is 0 Å². The van der Waals surface area contributed by atoms with Gasteiger partial charge in [-0.25, -0.2) is 0 Å². The molecule has 90 valence electrons. The Morgan fingerprint density at radius 1 is 1.50 bits per heavy atom. The topological polar surface area (TPSA) is 25.2 Å². The Labute approximate surface area is 102 Å². The number of furan rings is 1. The fourth-order valence-electron chi connectivity index (χ4n) is 2.38. The molecule has 0 spiro atoms. The van der Waals surface area contributed by atoms with Crippen molar-refractivity contribution >= 4 is 11.8 Å². The van der Waals surface area contributed by atoms with Gasteiger partial charge in [0.25, 0.3) is 0 Å². The van der Waals surface area contributed by atoms with Gasteiger partial charge in [-0.05, 0) is 37.1 Å². The van der Waals surface area contributed by atoms with Crippen LogP contribution in [0.15, 0.2) is 16.7 Å². The van der Waals surface area contributed by atoms with E-state index in [1.54, 1.807) is 6.26 Å². The van der Waals surface area contributed by atoms with Crippen LogP contribution in [-0.4, -0.2) is 17.0 Å². The number of thioether (sulfide) groups is 1. The highest BCUT2D eigenvalue weighted by Crippen LogP contribution is 2.30.